The molecule has 22 heavy (non-hydrogen) atoms. The summed E-state index contributed by atoms with van der Waals surface area (Å²) in [7, 11) is 0. The Morgan fingerprint density at radius 3 is 2.14 bits per heavy atom. The first-order valence-corrected chi connectivity index (χ1v) is 6.90. The summed E-state index contributed by atoms with van der Waals surface area (Å²) in [6.07, 6.45) is -0.915. The number of hydrogen-bond acceptors (Lipinski definition) is 6. The largest absolute Gasteiger partial charge is 0.443 e. The van der Waals surface area contributed by atoms with Crippen molar-refractivity contribution in [1.29, 1.82) is 11.1 Å². The van der Waals surface area contributed by atoms with Crippen LogP contribution in [0.2, 0.25) is 0 Å². The summed E-state index contributed by atoms with van der Waals surface area (Å²) in [6.45, 7) is 6.97. The molecule has 0 aromatic heterocycles. The van der Waals surface area contributed by atoms with Gasteiger partial charge in [-0.15, -0.1) is 0 Å². The van der Waals surface area contributed by atoms with Gasteiger partial charge in [0.05, 0.1) is 12.0 Å². The molecular formula is C15H23N5O2. The van der Waals surface area contributed by atoms with E-state index in [1.54, 1.807) is 27.7 Å². The van der Waals surface area contributed by atoms with E-state index >= 15 is 0 Å². The molecule has 0 spiro atoms. The molecule has 0 aliphatic carbocycles. The van der Waals surface area contributed by atoms with E-state index in [0.29, 0.717) is 0 Å². The normalized spacial score (nSPS) is 16.9. The number of carbonyl (C=O) groups is 1. The summed E-state index contributed by atoms with van der Waals surface area (Å²) in [5.41, 5.74) is 17.9. The highest BCUT2D eigenvalue weighted by Gasteiger charge is 2.57. The predicted octanol–water partition coefficient (Wildman–Crippen LogP) is 3.84. The average Bonchev–Trinajstić information content (AvgIpc) is 2.45. The van der Waals surface area contributed by atoms with E-state index in [4.69, 9.17) is 21.5 Å². The van der Waals surface area contributed by atoms with Crippen LogP contribution in [0, 0.1) is 16.5 Å². The number of rotatable bonds is 7. The third-order valence-electron chi connectivity index (χ3n) is 4.71. The van der Waals surface area contributed by atoms with Crippen LogP contribution in [-0.2, 0) is 10.3 Å². The lowest BCUT2D eigenvalue weighted by Gasteiger charge is -2.50. The molecule has 0 fully saturated rings. The van der Waals surface area contributed by atoms with Crippen molar-refractivity contribution in [3.05, 3.63) is 35.9 Å². The Morgan fingerprint density at radius 1 is 1.18 bits per heavy atom. The van der Waals surface area contributed by atoms with Crippen molar-refractivity contribution in [1.82, 2.24) is 0 Å². The fraction of sp³-hybridized carbons (Fsp3) is 0.533. The monoisotopic (exact) mass is 305 g/mol. The van der Waals surface area contributed by atoms with Crippen LogP contribution in [0.15, 0.2) is 40.6 Å². The molecule has 1 amide bonds. The Balaban J connectivity index is 3.52. The molecule has 0 heterocycles. The maximum atomic E-state index is 11.3. The van der Waals surface area contributed by atoms with Gasteiger partial charge in [0.15, 0.2) is 0 Å². The van der Waals surface area contributed by atoms with Gasteiger partial charge in [-0.3, -0.25) is 0 Å². The summed E-state index contributed by atoms with van der Waals surface area (Å²) in [5.74, 6) is 0. The Bertz CT molecular complexity index is 560. The van der Waals surface area contributed by atoms with E-state index in [9.17, 15) is 4.79 Å². The molecule has 2 atom stereocenters. The van der Waals surface area contributed by atoms with Crippen molar-refractivity contribution in [3.8, 4) is 0 Å². The Labute approximate surface area is 130 Å². The van der Waals surface area contributed by atoms with Crippen LogP contribution >= 0.6 is 0 Å². The molecule has 2 unspecified atom stereocenters. The first kappa shape index (κ1) is 17.7. The van der Waals surface area contributed by atoms with Gasteiger partial charge in [-0.1, -0.05) is 37.3 Å². The maximum absolute atomic E-state index is 11.3. The number of primary amides is 1. The van der Waals surface area contributed by atoms with E-state index < -0.39 is 22.6 Å². The lowest BCUT2D eigenvalue weighted by Crippen LogP contribution is -2.58. The second-order valence-electron chi connectivity index (χ2n) is 6.13. The zero-order valence-electron chi connectivity index (χ0n) is 13.4. The summed E-state index contributed by atoms with van der Waals surface area (Å²) < 4.78 is 5.28. The van der Waals surface area contributed by atoms with E-state index in [0.717, 1.165) is 5.56 Å². The van der Waals surface area contributed by atoms with Crippen LogP contribution < -0.4 is 5.73 Å². The van der Waals surface area contributed by atoms with Crippen molar-refractivity contribution >= 4 is 6.09 Å². The lowest BCUT2D eigenvalue weighted by atomic mass is 9.60. The number of nitrogens with one attached hydrogen (secondary N) is 2. The quantitative estimate of drug-likeness (QED) is 0.662. The molecule has 7 nitrogen and oxygen atoms in total. The van der Waals surface area contributed by atoms with Gasteiger partial charge in [-0.2, -0.15) is 10.2 Å². The first-order chi connectivity index (χ1) is 10.1. The van der Waals surface area contributed by atoms with Crippen LogP contribution in [-0.4, -0.2) is 18.2 Å². The maximum Gasteiger partial charge on any atom is 0.405 e. The minimum Gasteiger partial charge on any atom is -0.443 e. The minimum absolute atomic E-state index is 0.0288. The molecule has 4 N–H and O–H groups in total. The molecule has 0 aliphatic heterocycles. The van der Waals surface area contributed by atoms with Gasteiger partial charge in [0, 0.05) is 0 Å². The smallest absolute Gasteiger partial charge is 0.405 e. The molecular weight excluding hydrogens is 282 g/mol. The highest BCUT2D eigenvalue weighted by atomic mass is 16.6. The van der Waals surface area contributed by atoms with Crippen molar-refractivity contribution in [2.45, 2.75) is 38.8 Å². The van der Waals surface area contributed by atoms with Crippen molar-refractivity contribution < 1.29 is 9.53 Å². The third-order valence-corrected chi connectivity index (χ3v) is 4.71. The Hall–Kier alpha value is -2.31. The molecule has 0 saturated heterocycles. The predicted molar refractivity (Wildman–Crippen MR) is 81.8 cm³/mol. The first-order valence-electron chi connectivity index (χ1n) is 6.90. The standard InChI is InChI=1S/C15H23N5O2/c1-13(2,22-12(16)21)14(3,10-19-17)15(4,20-18)11-8-6-5-7-9-11/h5-9,17-18H,10H2,1-4H3,(H2,16,21). The number of hydrogen-bond donors (Lipinski definition) is 3. The fourth-order valence-corrected chi connectivity index (χ4v) is 2.72. The topological polar surface area (TPSA) is 125 Å². The van der Waals surface area contributed by atoms with Gasteiger partial charge in [0.25, 0.3) is 0 Å². The van der Waals surface area contributed by atoms with Crippen molar-refractivity contribution in [2.75, 3.05) is 6.54 Å². The van der Waals surface area contributed by atoms with Crippen molar-refractivity contribution in [2.24, 2.45) is 21.4 Å². The molecule has 0 radical (unpaired) electrons. The molecule has 1 aromatic rings. The fourth-order valence-electron chi connectivity index (χ4n) is 2.72. The van der Waals surface area contributed by atoms with Crippen LogP contribution in [0.25, 0.3) is 0 Å². The molecule has 1 rings (SSSR count). The SMILES string of the molecule is CC(C)(OC(N)=O)C(C)(CN=N)C(C)(N=N)c1ccccc1. The summed E-state index contributed by atoms with van der Waals surface area (Å²) in [4.78, 5) is 11.3. The number of benzene rings is 1. The molecule has 7 heteroatoms. The van der Waals surface area contributed by atoms with Crippen LogP contribution in [0.3, 0.4) is 0 Å². The molecule has 0 aliphatic rings. The van der Waals surface area contributed by atoms with Gasteiger partial charge >= 0.3 is 6.09 Å². The molecule has 120 valence electrons. The van der Waals surface area contributed by atoms with Crippen LogP contribution in [0.4, 0.5) is 4.79 Å². The second-order valence-corrected chi connectivity index (χ2v) is 6.13. The molecule has 0 bridgehead atoms. The van der Waals surface area contributed by atoms with E-state index in [-0.39, 0.29) is 6.54 Å². The van der Waals surface area contributed by atoms with Crippen LogP contribution in [0.5, 0.6) is 0 Å². The summed E-state index contributed by atoms with van der Waals surface area (Å²) >= 11 is 0. The van der Waals surface area contributed by atoms with Gasteiger partial charge in [-0.25, -0.2) is 15.9 Å². The highest BCUT2D eigenvalue weighted by Crippen LogP contribution is 2.51. The minimum atomic E-state index is -1.08. The molecule has 1 aromatic carbocycles. The van der Waals surface area contributed by atoms with Gasteiger partial charge in [0.1, 0.15) is 11.1 Å². The zero-order chi connectivity index (χ0) is 17.0. The van der Waals surface area contributed by atoms with Gasteiger partial charge in [-0.05, 0) is 26.3 Å². The van der Waals surface area contributed by atoms with E-state index in [1.165, 1.54) is 0 Å². The van der Waals surface area contributed by atoms with E-state index in [2.05, 4.69) is 10.2 Å². The number of nitrogens with two attached hydrogens (primary N) is 1. The number of carbonyl (C=O) groups excluding carboxylic acids is 1. The van der Waals surface area contributed by atoms with Crippen LogP contribution in [0.1, 0.15) is 33.3 Å². The number of amides is 1. The zero-order valence-corrected chi connectivity index (χ0v) is 13.4. The molecule has 0 saturated carbocycles. The number of nitrogens with zero attached hydrogens (tertiary/aromatic N) is 2. The Morgan fingerprint density at radius 2 is 1.73 bits per heavy atom. The van der Waals surface area contributed by atoms with Gasteiger partial charge < -0.3 is 10.5 Å². The highest BCUT2D eigenvalue weighted by molar-refractivity contribution is 5.65. The second kappa shape index (κ2) is 6.21. The van der Waals surface area contributed by atoms with Crippen molar-refractivity contribution in [3.63, 3.8) is 0 Å². The number of ether oxygens (including phenoxy) is 1. The summed E-state index contributed by atoms with van der Waals surface area (Å²) in [5, 5.41) is 7.32. The van der Waals surface area contributed by atoms with Gasteiger partial charge in [0.2, 0.25) is 0 Å². The lowest BCUT2D eigenvalue weighted by molar-refractivity contribution is -0.0890. The average molecular weight is 305 g/mol. The summed E-state index contributed by atoms with van der Waals surface area (Å²) in [6, 6.07) is 9.25. The van der Waals surface area contributed by atoms with E-state index in [1.807, 2.05) is 30.3 Å². The third kappa shape index (κ3) is 2.84. The Kier molecular flexibility index (Phi) is 5.01.